The topological polar surface area (TPSA) is 29.3 Å². The molecule has 0 aliphatic carbocycles. The van der Waals surface area contributed by atoms with E-state index in [0.717, 1.165) is 12.0 Å². The molecule has 0 aliphatic heterocycles. The van der Waals surface area contributed by atoms with Crippen molar-refractivity contribution in [2.75, 3.05) is 14.1 Å². The molecule has 0 saturated heterocycles. The number of halogens is 1. The fraction of sp³-hybridized carbons (Fsp3) is 0.368. The predicted molar refractivity (Wildman–Crippen MR) is 90.2 cm³/mol. The van der Waals surface area contributed by atoms with Crippen LogP contribution in [0.3, 0.4) is 0 Å². The van der Waals surface area contributed by atoms with E-state index in [0.29, 0.717) is 12.0 Å². The van der Waals surface area contributed by atoms with Crippen molar-refractivity contribution in [2.24, 2.45) is 5.73 Å². The second-order valence-electron chi connectivity index (χ2n) is 6.07. The first-order valence-corrected chi connectivity index (χ1v) is 7.73. The van der Waals surface area contributed by atoms with Gasteiger partial charge < -0.3 is 10.6 Å². The second-order valence-corrected chi connectivity index (χ2v) is 6.07. The van der Waals surface area contributed by atoms with E-state index < -0.39 is 5.54 Å². The van der Waals surface area contributed by atoms with Crippen LogP contribution in [0.15, 0.2) is 54.6 Å². The molecule has 0 amide bonds. The van der Waals surface area contributed by atoms with Gasteiger partial charge in [0.15, 0.2) is 0 Å². The third-order valence-electron chi connectivity index (χ3n) is 4.32. The van der Waals surface area contributed by atoms with Gasteiger partial charge in [-0.15, -0.1) is 0 Å². The maximum atomic E-state index is 14.4. The van der Waals surface area contributed by atoms with Crippen LogP contribution in [0.25, 0.3) is 0 Å². The lowest BCUT2D eigenvalue weighted by atomic mass is 9.77. The van der Waals surface area contributed by atoms with E-state index in [-0.39, 0.29) is 11.9 Å². The molecular formula is C19H25FN2. The highest BCUT2D eigenvalue weighted by Gasteiger charge is 2.39. The molecule has 2 rings (SSSR count). The Hall–Kier alpha value is -1.71. The number of benzene rings is 2. The normalized spacial score (nSPS) is 15.5. The highest BCUT2D eigenvalue weighted by molar-refractivity contribution is 5.32. The number of hydrogen-bond donors (Lipinski definition) is 1. The SMILES string of the molecule is CCC(N(C)C)C(N)(Cc1ccccc1)c1ccccc1F. The summed E-state index contributed by atoms with van der Waals surface area (Å²) >= 11 is 0. The molecule has 0 saturated carbocycles. The van der Waals surface area contributed by atoms with E-state index in [2.05, 4.69) is 11.8 Å². The summed E-state index contributed by atoms with van der Waals surface area (Å²) in [5.41, 5.74) is 7.76. The lowest BCUT2D eigenvalue weighted by Gasteiger charge is -2.41. The summed E-state index contributed by atoms with van der Waals surface area (Å²) in [6, 6.07) is 17.0. The largest absolute Gasteiger partial charge is 0.320 e. The average Bonchev–Trinajstić information content (AvgIpc) is 2.48. The molecule has 0 spiro atoms. The third-order valence-corrected chi connectivity index (χ3v) is 4.32. The first kappa shape index (κ1) is 16.7. The van der Waals surface area contributed by atoms with E-state index in [4.69, 9.17) is 5.73 Å². The van der Waals surface area contributed by atoms with Gasteiger partial charge in [0, 0.05) is 11.6 Å². The van der Waals surface area contributed by atoms with Crippen LogP contribution < -0.4 is 5.73 Å². The molecule has 22 heavy (non-hydrogen) atoms. The Kier molecular flexibility index (Phi) is 5.33. The van der Waals surface area contributed by atoms with Gasteiger partial charge in [0.2, 0.25) is 0 Å². The minimum Gasteiger partial charge on any atom is -0.320 e. The van der Waals surface area contributed by atoms with Crippen molar-refractivity contribution in [3.63, 3.8) is 0 Å². The Morgan fingerprint density at radius 2 is 1.64 bits per heavy atom. The standard InChI is InChI=1S/C19H25FN2/c1-4-18(22(2)3)19(21,14-15-10-6-5-7-11-15)16-12-8-9-13-17(16)20/h5-13,18H,4,14,21H2,1-3H3. The second kappa shape index (κ2) is 7.03. The van der Waals surface area contributed by atoms with Gasteiger partial charge in [0.25, 0.3) is 0 Å². The molecule has 2 N–H and O–H groups in total. The quantitative estimate of drug-likeness (QED) is 0.884. The molecule has 0 aliphatic rings. The molecular weight excluding hydrogens is 275 g/mol. The van der Waals surface area contributed by atoms with E-state index >= 15 is 0 Å². The maximum Gasteiger partial charge on any atom is 0.128 e. The molecule has 2 atom stereocenters. The molecule has 0 aromatic heterocycles. The summed E-state index contributed by atoms with van der Waals surface area (Å²) in [6.45, 7) is 2.10. The molecule has 2 unspecified atom stereocenters. The fourth-order valence-electron chi connectivity index (χ4n) is 3.35. The number of nitrogens with two attached hydrogens (primary N) is 1. The van der Waals surface area contributed by atoms with Crippen LogP contribution in [0.1, 0.15) is 24.5 Å². The summed E-state index contributed by atoms with van der Waals surface area (Å²) in [7, 11) is 4.00. The van der Waals surface area contributed by atoms with Crippen molar-refractivity contribution in [3.8, 4) is 0 Å². The van der Waals surface area contributed by atoms with Gasteiger partial charge in [-0.2, -0.15) is 0 Å². The number of rotatable bonds is 6. The number of likely N-dealkylation sites (N-methyl/N-ethyl adjacent to an activating group) is 1. The van der Waals surface area contributed by atoms with Crippen molar-refractivity contribution in [3.05, 3.63) is 71.5 Å². The van der Waals surface area contributed by atoms with Gasteiger partial charge >= 0.3 is 0 Å². The summed E-state index contributed by atoms with van der Waals surface area (Å²) in [4.78, 5) is 2.09. The first-order chi connectivity index (χ1) is 10.5. The van der Waals surface area contributed by atoms with Crippen LogP contribution in [0, 0.1) is 5.82 Å². The summed E-state index contributed by atoms with van der Waals surface area (Å²) in [6.07, 6.45) is 1.45. The zero-order valence-electron chi connectivity index (χ0n) is 13.6. The monoisotopic (exact) mass is 300 g/mol. The third kappa shape index (κ3) is 3.37. The summed E-state index contributed by atoms with van der Waals surface area (Å²) < 4.78 is 14.4. The Morgan fingerprint density at radius 3 is 2.18 bits per heavy atom. The molecule has 0 bridgehead atoms. The summed E-state index contributed by atoms with van der Waals surface area (Å²) in [5, 5.41) is 0. The fourth-order valence-corrected chi connectivity index (χ4v) is 3.35. The Labute approximate surface area is 132 Å². The molecule has 2 aromatic carbocycles. The van der Waals surface area contributed by atoms with Crippen molar-refractivity contribution in [1.29, 1.82) is 0 Å². The zero-order valence-corrected chi connectivity index (χ0v) is 13.6. The molecule has 2 aromatic rings. The molecule has 0 heterocycles. The van der Waals surface area contributed by atoms with Crippen molar-refractivity contribution in [2.45, 2.75) is 31.3 Å². The Bertz CT molecular complexity index is 597. The van der Waals surface area contributed by atoms with Gasteiger partial charge in [0.05, 0.1) is 5.54 Å². The minimum atomic E-state index is -0.773. The molecule has 0 radical (unpaired) electrons. The lowest BCUT2D eigenvalue weighted by molar-refractivity contribution is 0.165. The van der Waals surface area contributed by atoms with Gasteiger partial charge in [-0.25, -0.2) is 4.39 Å². The summed E-state index contributed by atoms with van der Waals surface area (Å²) in [5.74, 6) is -0.235. The molecule has 118 valence electrons. The average molecular weight is 300 g/mol. The van der Waals surface area contributed by atoms with Gasteiger partial charge in [-0.1, -0.05) is 55.5 Å². The zero-order chi connectivity index (χ0) is 16.2. The first-order valence-electron chi connectivity index (χ1n) is 7.73. The van der Waals surface area contributed by atoms with Gasteiger partial charge in [-0.3, -0.25) is 0 Å². The van der Waals surface area contributed by atoms with Crippen LogP contribution in [-0.2, 0) is 12.0 Å². The van der Waals surface area contributed by atoms with Crippen molar-refractivity contribution < 1.29 is 4.39 Å². The van der Waals surface area contributed by atoms with Crippen LogP contribution in [0.2, 0.25) is 0 Å². The van der Waals surface area contributed by atoms with Crippen LogP contribution >= 0.6 is 0 Å². The van der Waals surface area contributed by atoms with Gasteiger partial charge in [0.1, 0.15) is 5.82 Å². The molecule has 3 heteroatoms. The Morgan fingerprint density at radius 1 is 1.05 bits per heavy atom. The van der Waals surface area contributed by atoms with Crippen LogP contribution in [-0.4, -0.2) is 25.0 Å². The van der Waals surface area contributed by atoms with Crippen molar-refractivity contribution in [1.82, 2.24) is 4.90 Å². The van der Waals surface area contributed by atoms with E-state index in [9.17, 15) is 4.39 Å². The van der Waals surface area contributed by atoms with Crippen LogP contribution in [0.4, 0.5) is 4.39 Å². The van der Waals surface area contributed by atoms with E-state index in [1.165, 1.54) is 6.07 Å². The van der Waals surface area contributed by atoms with E-state index in [1.807, 2.05) is 56.6 Å². The highest BCUT2D eigenvalue weighted by atomic mass is 19.1. The Balaban J connectivity index is 2.51. The van der Waals surface area contributed by atoms with E-state index in [1.54, 1.807) is 6.07 Å². The van der Waals surface area contributed by atoms with Gasteiger partial charge in [-0.05, 0) is 38.6 Å². The predicted octanol–water partition coefficient (Wildman–Crippen LogP) is 3.56. The molecule has 0 fully saturated rings. The van der Waals surface area contributed by atoms with Crippen molar-refractivity contribution >= 4 is 0 Å². The van der Waals surface area contributed by atoms with Crippen LogP contribution in [0.5, 0.6) is 0 Å². The molecule has 2 nitrogen and oxygen atoms in total. The number of nitrogens with zero attached hydrogens (tertiary/aromatic N) is 1. The number of hydrogen-bond acceptors (Lipinski definition) is 2. The smallest absolute Gasteiger partial charge is 0.128 e. The maximum absolute atomic E-state index is 14.4. The lowest BCUT2D eigenvalue weighted by Crippen LogP contribution is -2.55. The minimum absolute atomic E-state index is 0.0459. The highest BCUT2D eigenvalue weighted by Crippen LogP contribution is 2.32.